The highest BCUT2D eigenvalue weighted by Gasteiger charge is 2.34. The second-order valence-corrected chi connectivity index (χ2v) is 8.26. The van der Waals surface area contributed by atoms with Gasteiger partial charge in [0.05, 0.1) is 6.07 Å². The minimum Gasteiger partial charge on any atom is -0.198 e. The summed E-state index contributed by atoms with van der Waals surface area (Å²) < 4.78 is 0. The highest BCUT2D eigenvalue weighted by atomic mass is 14.4. The first-order valence-corrected chi connectivity index (χ1v) is 10.1. The number of rotatable bonds is 7. The number of nitriles is 1. The Morgan fingerprint density at radius 1 is 0.909 bits per heavy atom. The Morgan fingerprint density at radius 3 is 2.27 bits per heavy atom. The summed E-state index contributed by atoms with van der Waals surface area (Å²) in [7, 11) is 0. The van der Waals surface area contributed by atoms with Gasteiger partial charge < -0.3 is 0 Å². The Morgan fingerprint density at radius 2 is 1.64 bits per heavy atom. The molecule has 2 aliphatic carbocycles. The summed E-state index contributed by atoms with van der Waals surface area (Å²) in [5.41, 5.74) is 0. The molecule has 0 bridgehead atoms. The molecule has 0 aromatic heterocycles. The third-order valence-electron chi connectivity index (χ3n) is 6.62. The fraction of sp³-hybridized carbons (Fsp3) is 0.952. The molecule has 0 aromatic carbocycles. The van der Waals surface area contributed by atoms with Crippen LogP contribution in [0.3, 0.4) is 0 Å². The molecule has 0 N–H and O–H groups in total. The maximum absolute atomic E-state index is 9.06. The maximum Gasteiger partial charge on any atom is 0.0655 e. The lowest BCUT2D eigenvalue weighted by Crippen LogP contribution is -2.31. The molecule has 2 aliphatic rings. The van der Waals surface area contributed by atoms with Crippen LogP contribution in [0.2, 0.25) is 0 Å². The molecule has 0 spiro atoms. The summed E-state index contributed by atoms with van der Waals surface area (Å²) >= 11 is 0. The normalized spacial score (nSPS) is 36.0. The van der Waals surface area contributed by atoms with Gasteiger partial charge in [-0.05, 0) is 62.2 Å². The molecule has 3 atom stereocenters. The largest absolute Gasteiger partial charge is 0.198 e. The van der Waals surface area contributed by atoms with Gasteiger partial charge in [0.2, 0.25) is 0 Å². The monoisotopic (exact) mass is 303 g/mol. The SMILES string of the molecule is CCCCCCCC1CCC([C@H]2CC[C@H](C#N)CC2)C(C)C1. The van der Waals surface area contributed by atoms with Gasteiger partial charge >= 0.3 is 0 Å². The van der Waals surface area contributed by atoms with Crippen molar-refractivity contribution in [1.29, 1.82) is 5.26 Å². The van der Waals surface area contributed by atoms with Gasteiger partial charge in [-0.15, -0.1) is 0 Å². The molecule has 2 saturated carbocycles. The van der Waals surface area contributed by atoms with Crippen molar-refractivity contribution in [1.82, 2.24) is 0 Å². The average molecular weight is 304 g/mol. The molecular weight excluding hydrogens is 266 g/mol. The van der Waals surface area contributed by atoms with Crippen LogP contribution in [0.4, 0.5) is 0 Å². The summed E-state index contributed by atoms with van der Waals surface area (Å²) in [5, 5.41) is 9.06. The summed E-state index contributed by atoms with van der Waals surface area (Å²) in [6.07, 6.45) is 18.1. The predicted octanol–water partition coefficient (Wildman–Crippen LogP) is 6.73. The van der Waals surface area contributed by atoms with Crippen LogP contribution in [-0.2, 0) is 0 Å². The van der Waals surface area contributed by atoms with Crippen LogP contribution in [0.5, 0.6) is 0 Å². The van der Waals surface area contributed by atoms with Gasteiger partial charge in [-0.1, -0.05) is 58.8 Å². The van der Waals surface area contributed by atoms with Crippen molar-refractivity contribution in [3.63, 3.8) is 0 Å². The Bertz CT molecular complexity index is 334. The molecule has 126 valence electrons. The molecule has 1 heteroatoms. The Hall–Kier alpha value is -0.510. The van der Waals surface area contributed by atoms with E-state index in [0.717, 1.165) is 23.7 Å². The molecule has 3 unspecified atom stereocenters. The first-order chi connectivity index (χ1) is 10.7. The van der Waals surface area contributed by atoms with Crippen LogP contribution in [-0.4, -0.2) is 0 Å². The number of hydrogen-bond acceptors (Lipinski definition) is 1. The summed E-state index contributed by atoms with van der Waals surface area (Å²) in [4.78, 5) is 0. The van der Waals surface area contributed by atoms with E-state index in [1.807, 2.05) is 0 Å². The van der Waals surface area contributed by atoms with Crippen LogP contribution < -0.4 is 0 Å². The van der Waals surface area contributed by atoms with Gasteiger partial charge in [-0.2, -0.15) is 5.26 Å². The van der Waals surface area contributed by atoms with E-state index in [4.69, 9.17) is 5.26 Å². The quantitative estimate of drug-likeness (QED) is 0.478. The molecule has 0 heterocycles. The number of nitrogens with zero attached hydrogens (tertiary/aromatic N) is 1. The van der Waals surface area contributed by atoms with Crippen LogP contribution in [0, 0.1) is 40.9 Å². The summed E-state index contributed by atoms with van der Waals surface area (Å²) in [6.45, 7) is 4.82. The molecule has 2 rings (SSSR count). The van der Waals surface area contributed by atoms with E-state index in [-0.39, 0.29) is 0 Å². The highest BCUT2D eigenvalue weighted by Crippen LogP contribution is 2.45. The lowest BCUT2D eigenvalue weighted by atomic mass is 9.64. The van der Waals surface area contributed by atoms with Crippen molar-refractivity contribution in [3.05, 3.63) is 0 Å². The number of unbranched alkanes of at least 4 members (excludes halogenated alkanes) is 4. The van der Waals surface area contributed by atoms with Crippen molar-refractivity contribution in [2.24, 2.45) is 29.6 Å². The van der Waals surface area contributed by atoms with Gasteiger partial charge in [0.15, 0.2) is 0 Å². The van der Waals surface area contributed by atoms with Gasteiger partial charge in [-0.3, -0.25) is 0 Å². The summed E-state index contributed by atoms with van der Waals surface area (Å²) in [6, 6.07) is 2.48. The first kappa shape index (κ1) is 17.8. The molecule has 0 amide bonds. The van der Waals surface area contributed by atoms with Crippen LogP contribution in [0.15, 0.2) is 0 Å². The fourth-order valence-corrected chi connectivity index (χ4v) is 5.21. The second-order valence-electron chi connectivity index (χ2n) is 8.26. The number of hydrogen-bond donors (Lipinski definition) is 0. The third kappa shape index (κ3) is 5.29. The minimum atomic E-state index is 0.367. The van der Waals surface area contributed by atoms with Crippen LogP contribution in [0.25, 0.3) is 0 Å². The van der Waals surface area contributed by atoms with Crippen molar-refractivity contribution in [2.45, 2.75) is 97.3 Å². The van der Waals surface area contributed by atoms with Gasteiger partial charge in [0.25, 0.3) is 0 Å². The highest BCUT2D eigenvalue weighted by molar-refractivity contribution is 4.91. The van der Waals surface area contributed by atoms with Crippen LogP contribution >= 0.6 is 0 Å². The zero-order chi connectivity index (χ0) is 15.8. The molecule has 22 heavy (non-hydrogen) atoms. The maximum atomic E-state index is 9.06. The van der Waals surface area contributed by atoms with E-state index in [9.17, 15) is 0 Å². The molecule has 0 aliphatic heterocycles. The topological polar surface area (TPSA) is 23.8 Å². The molecule has 0 radical (unpaired) electrons. The van der Waals surface area contributed by atoms with Crippen molar-refractivity contribution >= 4 is 0 Å². The molecule has 0 aromatic rings. The van der Waals surface area contributed by atoms with E-state index >= 15 is 0 Å². The van der Waals surface area contributed by atoms with Gasteiger partial charge in [-0.25, -0.2) is 0 Å². The Labute approximate surface area is 138 Å². The lowest BCUT2D eigenvalue weighted by molar-refractivity contribution is 0.0994. The zero-order valence-electron chi connectivity index (χ0n) is 15.0. The standard InChI is InChI=1S/C21H37N/c1-3-4-5-6-7-8-18-11-14-21(17(2)15-18)20-12-9-19(16-22)10-13-20/h17-21H,3-15H2,1-2H3/t17?,18?,19-,20-,21?. The smallest absolute Gasteiger partial charge is 0.0655 e. The Kier molecular flexibility index (Phi) is 7.77. The first-order valence-electron chi connectivity index (χ1n) is 10.1. The molecule has 0 saturated heterocycles. The van der Waals surface area contributed by atoms with Crippen LogP contribution in [0.1, 0.15) is 97.3 Å². The van der Waals surface area contributed by atoms with E-state index in [1.54, 1.807) is 0 Å². The van der Waals surface area contributed by atoms with Gasteiger partial charge in [0.1, 0.15) is 0 Å². The Balaban J connectivity index is 1.66. The molecule has 2 fully saturated rings. The third-order valence-corrected chi connectivity index (χ3v) is 6.62. The van der Waals surface area contributed by atoms with Crippen molar-refractivity contribution in [2.75, 3.05) is 0 Å². The summed E-state index contributed by atoms with van der Waals surface area (Å²) in [5.74, 6) is 4.22. The second kappa shape index (κ2) is 9.59. The molecular formula is C21H37N. The van der Waals surface area contributed by atoms with Gasteiger partial charge in [0, 0.05) is 5.92 Å². The van der Waals surface area contributed by atoms with E-state index in [2.05, 4.69) is 19.9 Å². The fourth-order valence-electron chi connectivity index (χ4n) is 5.21. The predicted molar refractivity (Wildman–Crippen MR) is 94.4 cm³/mol. The molecule has 1 nitrogen and oxygen atoms in total. The van der Waals surface area contributed by atoms with Crippen molar-refractivity contribution < 1.29 is 0 Å². The zero-order valence-corrected chi connectivity index (χ0v) is 15.0. The van der Waals surface area contributed by atoms with E-state index in [1.165, 1.54) is 83.5 Å². The van der Waals surface area contributed by atoms with E-state index in [0.29, 0.717) is 5.92 Å². The van der Waals surface area contributed by atoms with E-state index < -0.39 is 0 Å². The minimum absolute atomic E-state index is 0.367. The van der Waals surface area contributed by atoms with Crippen molar-refractivity contribution in [3.8, 4) is 6.07 Å². The average Bonchev–Trinajstić information content (AvgIpc) is 2.55. The lowest BCUT2D eigenvalue weighted by Gasteiger charge is -2.41.